The van der Waals surface area contributed by atoms with Gasteiger partial charge in [-0.3, -0.25) is 0 Å². The number of nitrogens with zero attached hydrogens (tertiary/aromatic N) is 4. The fourth-order valence-corrected chi connectivity index (χ4v) is 12.0. The zero-order chi connectivity index (χ0) is 27.9. The number of hydrogen-bond acceptors (Lipinski definition) is 4. The molecular weight excluding hydrogens is 672 g/mol. The normalized spacial score (nSPS) is 27.8. The summed E-state index contributed by atoms with van der Waals surface area (Å²) in [7, 11) is 0. The van der Waals surface area contributed by atoms with Crippen LogP contribution in [0.2, 0.25) is 0 Å². The van der Waals surface area contributed by atoms with Gasteiger partial charge in [-0.2, -0.15) is 0 Å². The Morgan fingerprint density at radius 3 is 1.16 bits per heavy atom. The number of hydrogen-bond donors (Lipinski definition) is 0. The van der Waals surface area contributed by atoms with E-state index in [-0.39, 0.29) is 36.1 Å². The van der Waals surface area contributed by atoms with Gasteiger partial charge in [0.2, 0.25) is 0 Å². The third-order valence-corrected chi connectivity index (χ3v) is 14.0. The van der Waals surface area contributed by atoms with Gasteiger partial charge >= 0.3 is 265 Å². The molecular formula is C37H50Cl2N4Ru. The zero-order valence-corrected chi connectivity index (χ0v) is 29.6. The van der Waals surface area contributed by atoms with Crippen LogP contribution in [0.25, 0.3) is 0 Å². The monoisotopic (exact) mass is 722 g/mol. The van der Waals surface area contributed by atoms with Crippen LogP contribution in [0.15, 0.2) is 36.9 Å². The Balaban J connectivity index is 0.00000156. The summed E-state index contributed by atoms with van der Waals surface area (Å²) in [6.45, 7) is 0. The van der Waals surface area contributed by atoms with Crippen LogP contribution >= 0.6 is 0 Å². The second-order valence-electron chi connectivity index (χ2n) is 14.9. The molecule has 0 bridgehead atoms. The van der Waals surface area contributed by atoms with E-state index in [0.29, 0.717) is 24.2 Å². The van der Waals surface area contributed by atoms with Crippen LogP contribution in [-0.4, -0.2) is 47.9 Å². The van der Waals surface area contributed by atoms with E-state index in [0.717, 1.165) is 0 Å². The molecule has 2 aliphatic heterocycles. The minimum absolute atomic E-state index is 0. The maximum absolute atomic E-state index is 3.19. The van der Waals surface area contributed by atoms with Crippen LogP contribution in [0.4, 0.5) is 0 Å². The molecule has 0 unspecified atom stereocenters. The van der Waals surface area contributed by atoms with E-state index in [1.807, 2.05) is 0 Å². The number of rotatable bonds is 4. The maximum atomic E-state index is 3.19. The van der Waals surface area contributed by atoms with E-state index in [1.165, 1.54) is 128 Å². The molecule has 8 aliphatic rings. The van der Waals surface area contributed by atoms with E-state index in [2.05, 4.69) is 74.4 Å². The molecule has 4 nitrogen and oxygen atoms in total. The van der Waals surface area contributed by atoms with Crippen LogP contribution in [0.3, 0.4) is 0 Å². The molecule has 0 amide bonds. The molecule has 2 heterocycles. The second kappa shape index (κ2) is 12.2. The summed E-state index contributed by atoms with van der Waals surface area (Å²) in [5, 5.41) is 0. The van der Waals surface area contributed by atoms with Crippen LogP contribution in [0.1, 0.15) is 151 Å². The van der Waals surface area contributed by atoms with Crippen molar-refractivity contribution in [2.24, 2.45) is 0 Å². The Kier molecular flexibility index (Phi) is 8.76. The van der Waals surface area contributed by atoms with Gasteiger partial charge in [-0.15, -0.1) is 0 Å². The summed E-state index contributed by atoms with van der Waals surface area (Å²) in [6, 6.07) is 7.76. The Labute approximate surface area is 288 Å². The fraction of sp³-hybridized carbons (Fsp3) is 0.703. The Morgan fingerprint density at radius 2 is 0.795 bits per heavy atom. The van der Waals surface area contributed by atoms with Gasteiger partial charge in [-0.05, 0) is 0 Å². The Morgan fingerprint density at radius 1 is 0.455 bits per heavy atom. The molecule has 2 spiro atoms. The summed E-state index contributed by atoms with van der Waals surface area (Å²) in [4.78, 5) is 11.6. The zero-order valence-electron chi connectivity index (χ0n) is 26.3. The van der Waals surface area contributed by atoms with Crippen molar-refractivity contribution in [3.05, 3.63) is 59.2 Å². The van der Waals surface area contributed by atoms with Crippen molar-refractivity contribution in [1.29, 1.82) is 0 Å². The van der Waals surface area contributed by atoms with Crippen LogP contribution in [0.5, 0.6) is 0 Å². The molecule has 44 heavy (non-hydrogen) atoms. The third-order valence-electron chi connectivity index (χ3n) is 12.9. The minimum atomic E-state index is -0.0934. The predicted molar refractivity (Wildman–Crippen MR) is 166 cm³/mol. The van der Waals surface area contributed by atoms with E-state index in [9.17, 15) is 0 Å². The van der Waals surface area contributed by atoms with Crippen molar-refractivity contribution in [3.8, 4) is 0 Å². The van der Waals surface area contributed by atoms with Crippen molar-refractivity contribution in [3.63, 3.8) is 0 Å². The summed E-state index contributed by atoms with van der Waals surface area (Å²) < 4.78 is 1.56. The SMILES string of the molecule is [Cl-].[Cl-].[Ru+2]=[C]1c2ccc3c(c2C12N(C1CCCCC1)C=CN2C1CCCCC1)C31N(C2CCCCC2)C=CN1C1CCCCC1. The fourth-order valence-electron chi connectivity index (χ4n) is 10.9. The number of fused-ring (bicyclic) bond motifs is 6. The van der Waals surface area contributed by atoms with Crippen molar-refractivity contribution >= 4 is 4.11 Å². The first-order valence-corrected chi connectivity index (χ1v) is 18.8. The molecule has 0 radical (unpaired) electrons. The van der Waals surface area contributed by atoms with E-state index in [4.69, 9.17) is 0 Å². The first-order chi connectivity index (χ1) is 20.8. The Hall–Kier alpha value is -1.03. The van der Waals surface area contributed by atoms with Crippen molar-refractivity contribution < 1.29 is 42.7 Å². The van der Waals surface area contributed by atoms with Gasteiger partial charge in [-0.25, -0.2) is 0 Å². The van der Waals surface area contributed by atoms with E-state index >= 15 is 0 Å². The Bertz CT molecular complexity index is 1250. The predicted octanol–water partition coefficient (Wildman–Crippen LogP) is 1.95. The summed E-state index contributed by atoms with van der Waals surface area (Å²) in [6.07, 6.45) is 37.9. The topological polar surface area (TPSA) is 13.0 Å². The third kappa shape index (κ3) is 4.26. The first-order valence-electron chi connectivity index (χ1n) is 18.0. The van der Waals surface area contributed by atoms with Gasteiger partial charge in [0.05, 0.1) is 0 Å². The van der Waals surface area contributed by atoms with Crippen LogP contribution < -0.4 is 24.8 Å². The number of benzene rings is 1. The molecule has 1 aromatic carbocycles. The standard InChI is InChI=1S/C37H50N4.2ClH.Ru/c1-5-13-29(14-6-1)38-23-24-39(30-15-7-2-8-16-30)36(38)27-28-21-22-33-35(34(28)36)37(33)40(31-17-9-3-10-18-31)25-26-41(37)32-19-11-4-12-20-32;;;/h21-26,29-32H,1-20H2;2*1H;/q;;;+2/p-2. The number of halogens is 2. The van der Waals surface area contributed by atoms with E-state index < -0.39 is 0 Å². The molecule has 7 heteroatoms. The molecule has 240 valence electrons. The average Bonchev–Trinajstić information content (AvgIpc) is 3.34. The van der Waals surface area contributed by atoms with Gasteiger partial charge in [0, 0.05) is 0 Å². The summed E-state index contributed by atoms with van der Waals surface area (Å²) in [5.41, 5.74) is 6.46. The van der Waals surface area contributed by atoms with Gasteiger partial charge < -0.3 is 24.8 Å². The van der Waals surface area contributed by atoms with Gasteiger partial charge in [0.25, 0.3) is 0 Å². The van der Waals surface area contributed by atoms with Gasteiger partial charge in [-0.1, -0.05) is 0 Å². The van der Waals surface area contributed by atoms with Crippen molar-refractivity contribution in [2.45, 2.75) is 164 Å². The van der Waals surface area contributed by atoms with Crippen LogP contribution in [0, 0.1) is 0 Å². The van der Waals surface area contributed by atoms with Gasteiger partial charge in [0.15, 0.2) is 0 Å². The van der Waals surface area contributed by atoms with E-state index in [1.54, 1.807) is 26.4 Å². The molecule has 9 rings (SSSR count). The molecule has 0 N–H and O–H groups in total. The molecule has 4 saturated carbocycles. The van der Waals surface area contributed by atoms with Crippen molar-refractivity contribution in [1.82, 2.24) is 19.6 Å². The molecule has 4 fully saturated rings. The molecule has 0 atom stereocenters. The second-order valence-corrected chi connectivity index (χ2v) is 15.8. The van der Waals surface area contributed by atoms with Crippen molar-refractivity contribution in [2.75, 3.05) is 0 Å². The molecule has 1 aromatic rings. The van der Waals surface area contributed by atoms with Gasteiger partial charge in [0.1, 0.15) is 0 Å². The molecule has 6 aliphatic carbocycles. The first kappa shape index (κ1) is 31.6. The summed E-state index contributed by atoms with van der Waals surface area (Å²) in [5.74, 6) is 0. The molecule has 0 saturated heterocycles. The molecule has 0 aromatic heterocycles. The quantitative estimate of drug-likeness (QED) is 0.442. The van der Waals surface area contributed by atoms with Crippen LogP contribution in [-0.2, 0) is 29.2 Å². The summed E-state index contributed by atoms with van der Waals surface area (Å²) >= 11 is 3.19. The average molecular weight is 723 g/mol.